The quantitative estimate of drug-likeness (QED) is 0.696. The second-order valence-electron chi connectivity index (χ2n) is 5.14. The first-order valence-corrected chi connectivity index (χ1v) is 6.89. The summed E-state index contributed by atoms with van der Waals surface area (Å²) < 4.78 is 5.46. The van der Waals surface area contributed by atoms with Gasteiger partial charge in [0.1, 0.15) is 6.04 Å². The zero-order chi connectivity index (χ0) is 15.2. The molecule has 8 heteroatoms. The molecular weight excluding hydrogens is 276 g/mol. The number of aromatic amines is 1. The van der Waals surface area contributed by atoms with E-state index in [1.165, 1.54) is 17.4 Å². The summed E-state index contributed by atoms with van der Waals surface area (Å²) in [5, 5.41) is 11.7. The second-order valence-corrected chi connectivity index (χ2v) is 5.14. The highest BCUT2D eigenvalue weighted by molar-refractivity contribution is 5.82. The van der Waals surface area contributed by atoms with Gasteiger partial charge in [0.25, 0.3) is 0 Å². The summed E-state index contributed by atoms with van der Waals surface area (Å²) in [6.07, 6.45) is 5.13. The van der Waals surface area contributed by atoms with Crippen LogP contribution < -0.4 is 5.32 Å². The van der Waals surface area contributed by atoms with E-state index in [2.05, 4.69) is 15.3 Å². The minimum atomic E-state index is -1.08. The van der Waals surface area contributed by atoms with Gasteiger partial charge in [-0.3, -0.25) is 0 Å². The Morgan fingerprint density at radius 1 is 1.67 bits per heavy atom. The Balaban J connectivity index is 1.86. The van der Waals surface area contributed by atoms with Crippen molar-refractivity contribution < 1.29 is 19.4 Å². The van der Waals surface area contributed by atoms with Crippen molar-refractivity contribution in [2.24, 2.45) is 0 Å². The Kier molecular flexibility index (Phi) is 5.15. The van der Waals surface area contributed by atoms with E-state index in [1.807, 2.05) is 0 Å². The summed E-state index contributed by atoms with van der Waals surface area (Å²) in [4.78, 5) is 31.4. The first-order chi connectivity index (χ1) is 10.1. The maximum absolute atomic E-state index is 12.0. The first-order valence-electron chi connectivity index (χ1n) is 6.89. The van der Waals surface area contributed by atoms with Crippen LogP contribution in [-0.4, -0.2) is 64.3 Å². The SMILES string of the molecule is CN(CC1CCCO1)C(=O)NC(Cc1cnc[nH]1)C(=O)O. The number of nitrogens with zero attached hydrogens (tertiary/aromatic N) is 2. The van der Waals surface area contributed by atoms with Crippen LogP contribution in [-0.2, 0) is 16.0 Å². The summed E-state index contributed by atoms with van der Waals surface area (Å²) >= 11 is 0. The summed E-state index contributed by atoms with van der Waals surface area (Å²) in [6.45, 7) is 1.18. The number of carboxylic acids is 1. The third-order valence-electron chi connectivity index (χ3n) is 3.42. The minimum Gasteiger partial charge on any atom is -0.480 e. The second kappa shape index (κ2) is 7.07. The molecule has 0 spiro atoms. The molecule has 1 fully saturated rings. The molecule has 0 radical (unpaired) electrons. The van der Waals surface area contributed by atoms with Crippen LogP contribution >= 0.6 is 0 Å². The number of carboxylic acid groups (broad SMARTS) is 1. The Bertz CT molecular complexity index is 471. The van der Waals surface area contributed by atoms with E-state index in [-0.39, 0.29) is 12.5 Å². The number of rotatable bonds is 6. The van der Waals surface area contributed by atoms with Gasteiger partial charge in [0.05, 0.1) is 12.4 Å². The molecule has 2 rings (SSSR count). The number of imidazole rings is 1. The van der Waals surface area contributed by atoms with E-state index in [4.69, 9.17) is 4.74 Å². The summed E-state index contributed by atoms with van der Waals surface area (Å²) in [5.41, 5.74) is 0.657. The average Bonchev–Trinajstić information content (AvgIpc) is 3.10. The molecule has 21 heavy (non-hydrogen) atoms. The van der Waals surface area contributed by atoms with Crippen LogP contribution in [0.15, 0.2) is 12.5 Å². The molecule has 1 aliphatic heterocycles. The molecule has 3 N–H and O–H groups in total. The molecule has 1 aromatic rings. The third-order valence-corrected chi connectivity index (χ3v) is 3.42. The molecular formula is C13H20N4O4. The van der Waals surface area contributed by atoms with Crippen molar-refractivity contribution in [1.82, 2.24) is 20.2 Å². The highest BCUT2D eigenvalue weighted by atomic mass is 16.5. The molecule has 0 aliphatic carbocycles. The van der Waals surface area contributed by atoms with Crippen LogP contribution in [0.25, 0.3) is 0 Å². The highest BCUT2D eigenvalue weighted by Gasteiger charge is 2.25. The number of aromatic nitrogens is 2. The molecule has 2 amide bonds. The standard InChI is InChI=1S/C13H20N4O4/c1-17(7-10-3-2-4-21-10)13(20)16-11(12(18)19)5-9-6-14-8-15-9/h6,8,10-11H,2-5,7H2,1H3,(H,14,15)(H,16,20)(H,18,19). The van der Waals surface area contributed by atoms with Crippen LogP contribution in [0.3, 0.4) is 0 Å². The molecule has 1 aromatic heterocycles. The lowest BCUT2D eigenvalue weighted by Crippen LogP contribution is -2.49. The zero-order valence-electron chi connectivity index (χ0n) is 11.9. The fraction of sp³-hybridized carbons (Fsp3) is 0.615. The molecule has 2 heterocycles. The van der Waals surface area contributed by atoms with Crippen molar-refractivity contribution in [3.05, 3.63) is 18.2 Å². The van der Waals surface area contributed by atoms with Gasteiger partial charge in [-0.15, -0.1) is 0 Å². The van der Waals surface area contributed by atoms with E-state index in [1.54, 1.807) is 7.05 Å². The van der Waals surface area contributed by atoms with E-state index in [0.717, 1.165) is 19.4 Å². The van der Waals surface area contributed by atoms with Crippen molar-refractivity contribution in [3.8, 4) is 0 Å². The van der Waals surface area contributed by atoms with Gasteiger partial charge in [-0.2, -0.15) is 0 Å². The van der Waals surface area contributed by atoms with Gasteiger partial charge in [0.15, 0.2) is 0 Å². The Hall–Kier alpha value is -2.09. The molecule has 2 unspecified atom stereocenters. The molecule has 8 nitrogen and oxygen atoms in total. The molecule has 0 saturated carbocycles. The number of likely N-dealkylation sites (N-methyl/N-ethyl adjacent to an activating group) is 1. The number of aliphatic carboxylic acids is 1. The van der Waals surface area contributed by atoms with Crippen molar-refractivity contribution in [2.45, 2.75) is 31.4 Å². The van der Waals surface area contributed by atoms with Crippen molar-refractivity contribution >= 4 is 12.0 Å². The molecule has 0 aromatic carbocycles. The lowest BCUT2D eigenvalue weighted by atomic mass is 10.1. The van der Waals surface area contributed by atoms with Gasteiger partial charge >= 0.3 is 12.0 Å². The van der Waals surface area contributed by atoms with E-state index in [9.17, 15) is 14.7 Å². The number of amides is 2. The Morgan fingerprint density at radius 2 is 2.48 bits per heavy atom. The lowest BCUT2D eigenvalue weighted by Gasteiger charge is -2.23. The van der Waals surface area contributed by atoms with Crippen molar-refractivity contribution in [1.29, 1.82) is 0 Å². The number of ether oxygens (including phenoxy) is 1. The van der Waals surface area contributed by atoms with Crippen LogP contribution in [0.2, 0.25) is 0 Å². The van der Waals surface area contributed by atoms with Crippen LogP contribution in [0.4, 0.5) is 4.79 Å². The Labute approximate surface area is 122 Å². The smallest absolute Gasteiger partial charge is 0.326 e. The van der Waals surface area contributed by atoms with Gasteiger partial charge in [0.2, 0.25) is 0 Å². The number of carbonyl (C=O) groups is 2. The van der Waals surface area contributed by atoms with E-state index < -0.39 is 18.0 Å². The van der Waals surface area contributed by atoms with Crippen LogP contribution in [0.5, 0.6) is 0 Å². The lowest BCUT2D eigenvalue weighted by molar-refractivity contribution is -0.139. The number of nitrogens with one attached hydrogen (secondary N) is 2. The highest BCUT2D eigenvalue weighted by Crippen LogP contribution is 2.12. The molecule has 116 valence electrons. The fourth-order valence-electron chi connectivity index (χ4n) is 2.25. The molecule has 1 saturated heterocycles. The third kappa shape index (κ3) is 4.45. The maximum atomic E-state index is 12.0. The monoisotopic (exact) mass is 296 g/mol. The van der Waals surface area contributed by atoms with E-state index in [0.29, 0.717) is 12.2 Å². The van der Waals surface area contributed by atoms with Gasteiger partial charge in [-0.05, 0) is 12.8 Å². The van der Waals surface area contributed by atoms with Crippen molar-refractivity contribution in [3.63, 3.8) is 0 Å². The van der Waals surface area contributed by atoms with E-state index >= 15 is 0 Å². The average molecular weight is 296 g/mol. The normalized spacial score (nSPS) is 19.2. The van der Waals surface area contributed by atoms with Crippen molar-refractivity contribution in [2.75, 3.05) is 20.2 Å². The van der Waals surface area contributed by atoms with Gasteiger partial charge in [-0.25, -0.2) is 14.6 Å². The number of urea groups is 1. The number of hydrogen-bond donors (Lipinski definition) is 3. The summed E-state index contributed by atoms with van der Waals surface area (Å²) in [5.74, 6) is -1.08. The Morgan fingerprint density at radius 3 is 3.05 bits per heavy atom. The topological polar surface area (TPSA) is 108 Å². The zero-order valence-corrected chi connectivity index (χ0v) is 11.9. The van der Waals surface area contributed by atoms with Crippen LogP contribution in [0, 0.1) is 0 Å². The van der Waals surface area contributed by atoms with Gasteiger partial charge in [0, 0.05) is 38.5 Å². The van der Waals surface area contributed by atoms with Gasteiger partial charge in [-0.1, -0.05) is 0 Å². The largest absolute Gasteiger partial charge is 0.480 e. The number of H-pyrrole nitrogens is 1. The summed E-state index contributed by atoms with van der Waals surface area (Å²) in [6, 6.07) is -1.41. The first kappa shape index (κ1) is 15.3. The fourth-order valence-corrected chi connectivity index (χ4v) is 2.25. The molecule has 2 atom stereocenters. The van der Waals surface area contributed by atoms with Crippen LogP contribution in [0.1, 0.15) is 18.5 Å². The summed E-state index contributed by atoms with van der Waals surface area (Å²) in [7, 11) is 1.63. The predicted molar refractivity (Wildman–Crippen MR) is 73.9 cm³/mol. The number of hydrogen-bond acceptors (Lipinski definition) is 4. The molecule has 0 bridgehead atoms. The molecule has 1 aliphatic rings. The minimum absolute atomic E-state index is 0.0386. The number of carbonyl (C=O) groups excluding carboxylic acids is 1. The predicted octanol–water partition coefficient (Wildman–Crippen LogP) is 0.226. The maximum Gasteiger partial charge on any atom is 0.326 e. The van der Waals surface area contributed by atoms with Gasteiger partial charge < -0.3 is 25.0 Å².